The molecule has 20 heavy (non-hydrogen) atoms. The Morgan fingerprint density at radius 3 is 2.65 bits per heavy atom. The van der Waals surface area contributed by atoms with Gasteiger partial charge in [0.1, 0.15) is 0 Å². The minimum atomic E-state index is -0.867. The van der Waals surface area contributed by atoms with E-state index in [4.69, 9.17) is 0 Å². The molecule has 1 aromatic carbocycles. The molecule has 2 aromatic rings. The van der Waals surface area contributed by atoms with E-state index in [2.05, 4.69) is 12.1 Å². The third kappa shape index (κ3) is 2.68. The molecule has 0 saturated carbocycles. The summed E-state index contributed by atoms with van der Waals surface area (Å²) in [6.07, 6.45) is 6.38. The molecule has 0 amide bonds. The Balaban J connectivity index is 2.02. The molecule has 3 heteroatoms. The summed E-state index contributed by atoms with van der Waals surface area (Å²) < 4.78 is 0. The van der Waals surface area contributed by atoms with Crippen LogP contribution in [-0.2, 0) is 17.6 Å². The number of hydrogen-bond donors (Lipinski definition) is 1. The van der Waals surface area contributed by atoms with Gasteiger partial charge < -0.3 is 5.11 Å². The van der Waals surface area contributed by atoms with E-state index in [9.17, 15) is 9.90 Å². The average Bonchev–Trinajstić information content (AvgIpc) is 2.97. The van der Waals surface area contributed by atoms with Crippen molar-refractivity contribution in [3.8, 4) is 0 Å². The van der Waals surface area contributed by atoms with Gasteiger partial charge in [-0.05, 0) is 59.9 Å². The van der Waals surface area contributed by atoms with Crippen molar-refractivity contribution in [3.63, 3.8) is 0 Å². The summed E-state index contributed by atoms with van der Waals surface area (Å²) in [6, 6.07) is 9.96. The highest BCUT2D eigenvalue weighted by atomic mass is 32.1. The third-order valence-electron chi connectivity index (χ3n) is 3.72. The maximum absolute atomic E-state index is 11.5. The molecule has 0 spiro atoms. The van der Waals surface area contributed by atoms with Crippen LogP contribution in [-0.4, -0.2) is 11.1 Å². The molecule has 1 aliphatic carbocycles. The Hall–Kier alpha value is -1.87. The van der Waals surface area contributed by atoms with Gasteiger partial charge in [-0.15, -0.1) is 11.3 Å². The van der Waals surface area contributed by atoms with E-state index in [1.807, 2.05) is 23.6 Å². The number of carboxylic acids is 1. The number of thiophene rings is 1. The molecule has 0 unspecified atom stereocenters. The first-order valence-corrected chi connectivity index (χ1v) is 7.73. The first-order valence-electron chi connectivity index (χ1n) is 6.85. The summed E-state index contributed by atoms with van der Waals surface area (Å²) >= 11 is 1.55. The lowest BCUT2D eigenvalue weighted by atomic mass is 9.89. The second-order valence-electron chi connectivity index (χ2n) is 5.07. The Morgan fingerprint density at radius 1 is 1.15 bits per heavy atom. The third-order valence-corrected chi connectivity index (χ3v) is 4.54. The van der Waals surface area contributed by atoms with Crippen LogP contribution < -0.4 is 0 Å². The second-order valence-corrected chi connectivity index (χ2v) is 6.05. The number of rotatable bonds is 3. The minimum Gasteiger partial charge on any atom is -0.478 e. The van der Waals surface area contributed by atoms with Gasteiger partial charge in [-0.25, -0.2) is 4.79 Å². The maximum Gasteiger partial charge on any atom is 0.336 e. The van der Waals surface area contributed by atoms with Crippen LogP contribution in [0, 0.1) is 0 Å². The summed E-state index contributed by atoms with van der Waals surface area (Å²) in [5.74, 6) is -0.867. The normalized spacial score (nSPS) is 14.9. The summed E-state index contributed by atoms with van der Waals surface area (Å²) in [5.41, 5.74) is 3.88. The van der Waals surface area contributed by atoms with Gasteiger partial charge in [-0.3, -0.25) is 0 Å². The van der Waals surface area contributed by atoms with Crippen LogP contribution >= 0.6 is 11.3 Å². The van der Waals surface area contributed by atoms with Gasteiger partial charge in [-0.1, -0.05) is 24.3 Å². The zero-order chi connectivity index (χ0) is 13.9. The lowest BCUT2D eigenvalue weighted by Crippen LogP contribution is -2.05. The topological polar surface area (TPSA) is 37.3 Å². The SMILES string of the molecule is O=C(O)/C(=C\c1cccs1)c1ccc2c(c1)CCCC2. The lowest BCUT2D eigenvalue weighted by molar-refractivity contribution is -0.130. The zero-order valence-electron chi connectivity index (χ0n) is 11.1. The monoisotopic (exact) mass is 284 g/mol. The highest BCUT2D eigenvalue weighted by Gasteiger charge is 2.15. The molecule has 3 rings (SSSR count). The molecule has 1 aromatic heterocycles. The predicted molar refractivity (Wildman–Crippen MR) is 82.9 cm³/mol. The molecule has 0 fully saturated rings. The van der Waals surface area contributed by atoms with Crippen molar-refractivity contribution in [1.82, 2.24) is 0 Å². The number of carboxylic acid groups (broad SMARTS) is 1. The summed E-state index contributed by atoms with van der Waals surface area (Å²) in [4.78, 5) is 12.5. The van der Waals surface area contributed by atoms with Crippen molar-refractivity contribution < 1.29 is 9.90 Å². The molecule has 2 nitrogen and oxygen atoms in total. The molecule has 0 radical (unpaired) electrons. The first kappa shape index (κ1) is 13.1. The fraction of sp³-hybridized carbons (Fsp3) is 0.235. The van der Waals surface area contributed by atoms with E-state index in [0.29, 0.717) is 5.57 Å². The first-order chi connectivity index (χ1) is 9.74. The summed E-state index contributed by atoms with van der Waals surface area (Å²) in [7, 11) is 0. The molecule has 1 heterocycles. The quantitative estimate of drug-likeness (QED) is 0.855. The van der Waals surface area contributed by atoms with E-state index < -0.39 is 5.97 Å². The van der Waals surface area contributed by atoms with E-state index in [-0.39, 0.29) is 0 Å². The van der Waals surface area contributed by atoms with E-state index in [1.165, 1.54) is 24.0 Å². The summed E-state index contributed by atoms with van der Waals surface area (Å²) in [6.45, 7) is 0. The number of carbonyl (C=O) groups is 1. The minimum absolute atomic E-state index is 0.376. The number of fused-ring (bicyclic) bond motifs is 1. The van der Waals surface area contributed by atoms with Crippen LogP contribution in [0.3, 0.4) is 0 Å². The molecule has 102 valence electrons. The Labute approximate surface area is 122 Å². The van der Waals surface area contributed by atoms with Gasteiger partial charge in [0.05, 0.1) is 5.57 Å². The van der Waals surface area contributed by atoms with Crippen molar-refractivity contribution in [2.75, 3.05) is 0 Å². The van der Waals surface area contributed by atoms with E-state index in [0.717, 1.165) is 23.3 Å². The van der Waals surface area contributed by atoms with E-state index >= 15 is 0 Å². The number of aryl methyl sites for hydroxylation is 2. The van der Waals surface area contributed by atoms with Crippen LogP contribution in [0.15, 0.2) is 35.7 Å². The molecule has 0 atom stereocenters. The Bertz CT molecular complexity index is 654. The van der Waals surface area contributed by atoms with Gasteiger partial charge in [0.25, 0.3) is 0 Å². The molecule has 0 saturated heterocycles. The lowest BCUT2D eigenvalue weighted by Gasteiger charge is -2.16. The number of aliphatic carboxylic acids is 1. The fourth-order valence-corrected chi connectivity index (χ4v) is 3.34. The number of hydrogen-bond acceptors (Lipinski definition) is 2. The maximum atomic E-state index is 11.5. The van der Waals surface area contributed by atoms with Crippen LogP contribution in [0.5, 0.6) is 0 Å². The van der Waals surface area contributed by atoms with E-state index in [1.54, 1.807) is 17.4 Å². The van der Waals surface area contributed by atoms with Crippen molar-refractivity contribution in [3.05, 3.63) is 57.3 Å². The molecular weight excluding hydrogens is 268 g/mol. The predicted octanol–water partition coefficient (Wildman–Crippen LogP) is 4.25. The Morgan fingerprint density at radius 2 is 1.95 bits per heavy atom. The highest BCUT2D eigenvalue weighted by Crippen LogP contribution is 2.27. The van der Waals surface area contributed by atoms with Crippen LogP contribution in [0.4, 0.5) is 0 Å². The van der Waals surface area contributed by atoms with Crippen molar-refractivity contribution in [1.29, 1.82) is 0 Å². The van der Waals surface area contributed by atoms with Crippen molar-refractivity contribution >= 4 is 29.0 Å². The second kappa shape index (κ2) is 5.63. The van der Waals surface area contributed by atoms with Gasteiger partial charge in [0, 0.05) is 4.88 Å². The largest absolute Gasteiger partial charge is 0.478 e. The fourth-order valence-electron chi connectivity index (χ4n) is 2.69. The highest BCUT2D eigenvalue weighted by molar-refractivity contribution is 7.10. The summed E-state index contributed by atoms with van der Waals surface area (Å²) in [5, 5.41) is 11.4. The Kier molecular flexibility index (Phi) is 3.70. The van der Waals surface area contributed by atoms with Crippen LogP contribution in [0.25, 0.3) is 11.6 Å². The average molecular weight is 284 g/mol. The molecular formula is C17H16O2S. The van der Waals surface area contributed by atoms with Gasteiger partial charge in [0.2, 0.25) is 0 Å². The molecule has 0 bridgehead atoms. The number of benzene rings is 1. The standard InChI is InChI=1S/C17H16O2S/c18-17(19)16(11-15-6-3-9-20-15)14-8-7-12-4-1-2-5-13(12)10-14/h3,6-11H,1-2,4-5H2,(H,18,19)/b16-11-. The zero-order valence-corrected chi connectivity index (χ0v) is 12.0. The van der Waals surface area contributed by atoms with Crippen molar-refractivity contribution in [2.24, 2.45) is 0 Å². The van der Waals surface area contributed by atoms with Gasteiger partial charge >= 0.3 is 5.97 Å². The molecule has 0 aliphatic heterocycles. The van der Waals surface area contributed by atoms with Crippen molar-refractivity contribution in [2.45, 2.75) is 25.7 Å². The van der Waals surface area contributed by atoms with Crippen LogP contribution in [0.2, 0.25) is 0 Å². The molecule has 1 N–H and O–H groups in total. The molecule has 1 aliphatic rings. The smallest absolute Gasteiger partial charge is 0.336 e. The van der Waals surface area contributed by atoms with Gasteiger partial charge in [0.15, 0.2) is 0 Å². The van der Waals surface area contributed by atoms with Gasteiger partial charge in [-0.2, -0.15) is 0 Å². The van der Waals surface area contributed by atoms with Crippen LogP contribution in [0.1, 0.15) is 34.4 Å².